The van der Waals surface area contributed by atoms with Crippen LogP contribution in [-0.4, -0.2) is 193 Å². The molecule has 0 radical (unpaired) electrons. The second-order valence-electron chi connectivity index (χ2n) is 30.3. The minimum Gasteiger partial charge on any atom is -0.394 e. The summed E-state index contributed by atoms with van der Waals surface area (Å²) in [5.74, 6) is -0.280. The standard InChI is InChI=1S/C86H155NO18/c1-3-5-7-9-11-13-15-17-19-21-23-25-26-27-28-29-30-31-32-33-34-35-36-37-38-39-40-41-42-44-46-48-50-52-54-56-58-60-62-64-74(92)87-69(70(91)63-61-59-57-55-53-51-49-47-45-43-24-22-20-18-16-14-12-10-8-6-4-2)68-100-84-80(98)77(95)82(72(66-89)102-84)105-86-81(99)78(96)83(73(67-90)103-86)104-85-79(97)76(94)75(93)71(65-88)101-85/h5,7,11,13,17,19,23,25,53,55,61,63,69-73,75-86,88-91,93-99H,3-4,6,8-10,12,14-16,18,20-22,24,26-52,54,56-60,62,64-68H2,1-2H3,(H,87,92)/b7-5-,13-11-,19-17-,25-23-,55-53+,63-61+. The van der Waals surface area contributed by atoms with Gasteiger partial charge in [-0.3, -0.25) is 4.79 Å². The van der Waals surface area contributed by atoms with Gasteiger partial charge in [0.1, 0.15) is 73.2 Å². The molecule has 1 amide bonds. The largest absolute Gasteiger partial charge is 0.394 e. The quantitative estimate of drug-likeness (QED) is 0.0199. The fourth-order valence-corrected chi connectivity index (χ4v) is 14.2. The number of rotatable bonds is 68. The zero-order chi connectivity index (χ0) is 76.0. The van der Waals surface area contributed by atoms with E-state index in [4.69, 9.17) is 28.4 Å². The third-order valence-corrected chi connectivity index (χ3v) is 21.0. The molecular weight excluding hydrogens is 1330 g/mol. The SMILES string of the molecule is CC/C=C\C/C=C\C/C=C\C/C=C\CCCCCCCCCCCCCCCCCCCCCCCCCCCCC(=O)NC(COC1OC(CO)C(OC2OC(CO)C(OC3OC(CO)C(O)C(O)C3O)C(O)C2O)C(O)C1O)C(O)/C=C/CC/C=C/CCCCCCCCCCCCCCCCC. The second kappa shape index (κ2) is 65.9. The molecule has 0 saturated carbocycles. The Labute approximate surface area is 636 Å². The summed E-state index contributed by atoms with van der Waals surface area (Å²) < 4.78 is 34.5. The Morgan fingerprint density at radius 2 is 0.667 bits per heavy atom. The van der Waals surface area contributed by atoms with Crippen molar-refractivity contribution in [2.45, 2.75) is 439 Å². The molecule has 0 bridgehead atoms. The molecule has 3 saturated heterocycles. The zero-order valence-corrected chi connectivity index (χ0v) is 65.7. The highest BCUT2D eigenvalue weighted by molar-refractivity contribution is 5.76. The average Bonchev–Trinajstić information content (AvgIpc) is 0.780. The maximum Gasteiger partial charge on any atom is 0.220 e. The molecule has 3 rings (SSSR count). The first-order valence-electron chi connectivity index (χ1n) is 42.7. The van der Waals surface area contributed by atoms with Gasteiger partial charge >= 0.3 is 0 Å². The average molecular weight is 1490 g/mol. The molecule has 19 heteroatoms. The minimum atomic E-state index is -1.98. The Morgan fingerprint density at radius 3 is 1.07 bits per heavy atom. The number of unbranched alkanes of at least 4 members (excludes halogenated alkanes) is 42. The van der Waals surface area contributed by atoms with E-state index in [0.717, 1.165) is 64.2 Å². The van der Waals surface area contributed by atoms with Crippen molar-refractivity contribution in [1.29, 1.82) is 0 Å². The van der Waals surface area contributed by atoms with Crippen LogP contribution in [0.15, 0.2) is 72.9 Å². The van der Waals surface area contributed by atoms with Crippen LogP contribution in [0.4, 0.5) is 0 Å². The van der Waals surface area contributed by atoms with E-state index in [1.54, 1.807) is 6.08 Å². The molecular formula is C86H155NO18. The van der Waals surface area contributed by atoms with Crippen molar-refractivity contribution in [2.24, 2.45) is 0 Å². The van der Waals surface area contributed by atoms with E-state index in [1.807, 2.05) is 6.08 Å². The lowest BCUT2D eigenvalue weighted by atomic mass is 9.96. The first-order valence-corrected chi connectivity index (χ1v) is 42.7. The Hall–Kier alpha value is -2.77. The van der Waals surface area contributed by atoms with E-state index in [1.165, 1.54) is 238 Å². The van der Waals surface area contributed by atoms with Gasteiger partial charge in [0.25, 0.3) is 0 Å². The number of nitrogens with one attached hydrogen (secondary N) is 1. The van der Waals surface area contributed by atoms with Crippen LogP contribution in [0, 0.1) is 0 Å². The summed E-state index contributed by atoms with van der Waals surface area (Å²) in [4.78, 5) is 13.5. The smallest absolute Gasteiger partial charge is 0.220 e. The molecule has 0 spiro atoms. The van der Waals surface area contributed by atoms with Crippen LogP contribution < -0.4 is 5.32 Å². The third kappa shape index (κ3) is 45.4. The van der Waals surface area contributed by atoms with Crippen LogP contribution in [0.2, 0.25) is 0 Å². The molecule has 17 atom stereocenters. The summed E-state index contributed by atoms with van der Waals surface area (Å²) in [5.41, 5.74) is 0. The summed E-state index contributed by atoms with van der Waals surface area (Å²) in [6.45, 7) is 1.65. The van der Waals surface area contributed by atoms with Crippen molar-refractivity contribution in [3.63, 3.8) is 0 Å². The molecule has 3 aliphatic heterocycles. The predicted molar refractivity (Wildman–Crippen MR) is 420 cm³/mol. The van der Waals surface area contributed by atoms with Gasteiger partial charge in [-0.25, -0.2) is 0 Å². The molecule has 3 aliphatic rings. The minimum absolute atomic E-state index is 0.238. The van der Waals surface area contributed by atoms with Gasteiger partial charge in [0.2, 0.25) is 5.91 Å². The molecule has 0 aromatic rings. The van der Waals surface area contributed by atoms with E-state index in [-0.39, 0.29) is 18.9 Å². The van der Waals surface area contributed by atoms with Gasteiger partial charge in [-0.2, -0.15) is 0 Å². The number of ether oxygens (including phenoxy) is 6. The summed E-state index contributed by atoms with van der Waals surface area (Å²) >= 11 is 0. The lowest BCUT2D eigenvalue weighted by Gasteiger charge is -2.48. The molecule has 105 heavy (non-hydrogen) atoms. The van der Waals surface area contributed by atoms with Crippen molar-refractivity contribution in [1.82, 2.24) is 5.32 Å². The molecule has 0 aromatic heterocycles. The summed E-state index contributed by atoms with van der Waals surface area (Å²) in [6.07, 6.45) is 60.6. The van der Waals surface area contributed by atoms with Crippen LogP contribution in [0.3, 0.4) is 0 Å². The number of hydrogen-bond donors (Lipinski definition) is 12. The van der Waals surface area contributed by atoms with Gasteiger partial charge < -0.3 is 89.9 Å². The molecule has 12 N–H and O–H groups in total. The lowest BCUT2D eigenvalue weighted by Crippen LogP contribution is -2.66. The van der Waals surface area contributed by atoms with Crippen LogP contribution in [0.1, 0.15) is 335 Å². The molecule has 0 aromatic carbocycles. The van der Waals surface area contributed by atoms with Crippen LogP contribution >= 0.6 is 0 Å². The van der Waals surface area contributed by atoms with Gasteiger partial charge in [-0.1, -0.05) is 331 Å². The predicted octanol–water partition coefficient (Wildman–Crippen LogP) is 15.2. The Kier molecular flexibility index (Phi) is 60.5. The van der Waals surface area contributed by atoms with Crippen molar-refractivity contribution < 1.29 is 89.4 Å². The zero-order valence-electron chi connectivity index (χ0n) is 65.7. The van der Waals surface area contributed by atoms with Gasteiger partial charge in [-0.15, -0.1) is 0 Å². The number of amides is 1. The highest BCUT2D eigenvalue weighted by Crippen LogP contribution is 2.33. The Bertz CT molecular complexity index is 2180. The molecule has 612 valence electrons. The molecule has 3 heterocycles. The maximum atomic E-state index is 13.5. The number of carbonyl (C=O) groups is 1. The molecule has 3 fully saturated rings. The van der Waals surface area contributed by atoms with Crippen LogP contribution in [0.5, 0.6) is 0 Å². The van der Waals surface area contributed by atoms with Crippen molar-refractivity contribution >= 4 is 5.91 Å². The van der Waals surface area contributed by atoms with Crippen LogP contribution in [0.25, 0.3) is 0 Å². The van der Waals surface area contributed by atoms with Gasteiger partial charge in [0, 0.05) is 6.42 Å². The van der Waals surface area contributed by atoms with E-state index < -0.39 is 124 Å². The maximum absolute atomic E-state index is 13.5. The number of allylic oxidation sites excluding steroid dienone is 11. The third-order valence-electron chi connectivity index (χ3n) is 21.0. The first-order chi connectivity index (χ1) is 51.3. The van der Waals surface area contributed by atoms with Crippen molar-refractivity contribution in [3.8, 4) is 0 Å². The summed E-state index contributed by atoms with van der Waals surface area (Å²) in [7, 11) is 0. The van der Waals surface area contributed by atoms with Crippen molar-refractivity contribution in [2.75, 3.05) is 26.4 Å². The van der Waals surface area contributed by atoms with Crippen molar-refractivity contribution in [3.05, 3.63) is 72.9 Å². The van der Waals surface area contributed by atoms with Gasteiger partial charge in [-0.05, 0) is 70.6 Å². The van der Waals surface area contributed by atoms with E-state index >= 15 is 0 Å². The van der Waals surface area contributed by atoms with E-state index in [0.29, 0.717) is 12.8 Å². The monoisotopic (exact) mass is 1490 g/mol. The lowest BCUT2D eigenvalue weighted by molar-refractivity contribution is -0.379. The second-order valence-corrected chi connectivity index (χ2v) is 30.3. The fourth-order valence-electron chi connectivity index (χ4n) is 14.2. The highest BCUT2D eigenvalue weighted by Gasteiger charge is 2.54. The molecule has 0 aliphatic carbocycles. The topological polar surface area (TPSA) is 307 Å². The van der Waals surface area contributed by atoms with Crippen LogP contribution in [-0.2, 0) is 33.2 Å². The highest BCUT2D eigenvalue weighted by atomic mass is 16.8. The Morgan fingerprint density at radius 1 is 0.352 bits per heavy atom. The summed E-state index contributed by atoms with van der Waals surface area (Å²) in [6, 6.07) is -0.992. The van der Waals surface area contributed by atoms with Gasteiger partial charge in [0.05, 0.1) is 38.6 Å². The normalized spacial score (nSPS) is 26.1. The Balaban J connectivity index is 1.31. The number of carbonyl (C=O) groups excluding carboxylic acids is 1. The first kappa shape index (κ1) is 96.4. The summed E-state index contributed by atoms with van der Waals surface area (Å²) in [5, 5.41) is 121. The van der Waals surface area contributed by atoms with Gasteiger partial charge in [0.15, 0.2) is 18.9 Å². The fraction of sp³-hybridized carbons (Fsp3) is 0.849. The van der Waals surface area contributed by atoms with E-state index in [2.05, 4.69) is 79.9 Å². The molecule has 17 unspecified atom stereocenters. The molecule has 19 nitrogen and oxygen atoms in total. The number of hydrogen-bond acceptors (Lipinski definition) is 18. The van der Waals surface area contributed by atoms with E-state index in [9.17, 15) is 61.0 Å². The number of aliphatic hydroxyl groups is 11. The number of aliphatic hydroxyl groups excluding tert-OH is 11.